The molecule has 0 radical (unpaired) electrons. The van der Waals surface area contributed by atoms with E-state index in [9.17, 15) is 9.59 Å². The van der Waals surface area contributed by atoms with Gasteiger partial charge in [-0.15, -0.1) is 0 Å². The van der Waals surface area contributed by atoms with Gasteiger partial charge in [-0.1, -0.05) is 0 Å². The van der Waals surface area contributed by atoms with Crippen molar-refractivity contribution >= 4 is 30.8 Å². The monoisotopic (exact) mass is 230 g/mol. The number of esters is 2. The van der Waals surface area contributed by atoms with Crippen LogP contribution in [0.5, 0.6) is 0 Å². The molecule has 0 N–H and O–H groups in total. The number of benzene rings is 1. The first kappa shape index (κ1) is 15.8. The molecular weight excluding hydrogens is 215 g/mol. The third-order valence-corrected chi connectivity index (χ3v) is 1.91. The van der Waals surface area contributed by atoms with E-state index in [1.807, 2.05) is 0 Å². The van der Waals surface area contributed by atoms with Crippen molar-refractivity contribution in [3.8, 4) is 0 Å². The molecule has 4 nitrogen and oxygen atoms in total. The first-order valence-corrected chi connectivity index (χ1v) is 5.13. The Kier molecular flexibility index (Phi) is 7.36. The molecule has 0 unspecified atom stereocenters. The van der Waals surface area contributed by atoms with Crippen molar-refractivity contribution in [1.82, 2.24) is 0 Å². The van der Waals surface area contributed by atoms with Crippen molar-refractivity contribution < 1.29 is 19.1 Å². The number of ether oxygens (including phenoxy) is 2. The number of carbonyl (C=O) groups excluding carboxylic acids is 2. The van der Waals surface area contributed by atoms with Crippen LogP contribution in [0.3, 0.4) is 0 Å². The zero-order valence-corrected chi connectivity index (χ0v) is 9.36. The van der Waals surface area contributed by atoms with Gasteiger partial charge >= 0.3 is 30.8 Å². The van der Waals surface area contributed by atoms with Crippen LogP contribution in [-0.2, 0) is 9.47 Å². The fourth-order valence-corrected chi connectivity index (χ4v) is 1.17. The van der Waals surface area contributed by atoms with Gasteiger partial charge in [0.05, 0.1) is 24.3 Å². The molecule has 0 bridgehead atoms. The van der Waals surface area contributed by atoms with E-state index in [4.69, 9.17) is 9.47 Å². The maximum absolute atomic E-state index is 11.3. The second kappa shape index (κ2) is 7.94. The Morgan fingerprint density at radius 2 is 1.18 bits per heavy atom. The third-order valence-electron chi connectivity index (χ3n) is 1.91. The number of hydrogen-bond acceptors (Lipinski definition) is 4. The van der Waals surface area contributed by atoms with Gasteiger partial charge in [-0.05, 0) is 38.1 Å². The predicted molar refractivity (Wildman–Crippen MR) is 65.5 cm³/mol. The molecule has 0 aromatic heterocycles. The molecule has 0 fully saturated rings. The van der Waals surface area contributed by atoms with E-state index in [-0.39, 0.29) is 18.9 Å². The van der Waals surface area contributed by atoms with E-state index in [0.29, 0.717) is 24.3 Å². The molecule has 0 aliphatic carbocycles. The Morgan fingerprint density at radius 3 is 1.41 bits per heavy atom. The quantitative estimate of drug-likeness (QED) is 0.579. The van der Waals surface area contributed by atoms with Gasteiger partial charge in [0, 0.05) is 0 Å². The molecule has 0 heterocycles. The van der Waals surface area contributed by atoms with Crippen LogP contribution in [0, 0.1) is 0 Å². The van der Waals surface area contributed by atoms with Crippen LogP contribution in [0.15, 0.2) is 24.3 Å². The summed E-state index contributed by atoms with van der Waals surface area (Å²) >= 11 is 0. The molecule has 17 heavy (non-hydrogen) atoms. The SMILES string of the molecule is CCOC(=O)c1ccc(C(=O)OCC)cc1.[LiH]. The Hall–Kier alpha value is -1.24. The number of hydrogen-bond donors (Lipinski definition) is 0. The first-order chi connectivity index (χ1) is 7.69. The topological polar surface area (TPSA) is 52.6 Å². The summed E-state index contributed by atoms with van der Waals surface area (Å²) in [6.45, 7) is 4.15. The van der Waals surface area contributed by atoms with Crippen molar-refractivity contribution in [2.24, 2.45) is 0 Å². The molecular formula is C12H15LiO4. The summed E-state index contributed by atoms with van der Waals surface area (Å²) in [6.07, 6.45) is 0. The Balaban J connectivity index is 0.00000256. The molecule has 1 aromatic rings. The Morgan fingerprint density at radius 1 is 0.882 bits per heavy atom. The number of rotatable bonds is 4. The molecule has 0 saturated carbocycles. The van der Waals surface area contributed by atoms with E-state index < -0.39 is 11.9 Å². The maximum atomic E-state index is 11.3. The molecule has 1 rings (SSSR count). The fraction of sp³-hybridized carbons (Fsp3) is 0.333. The van der Waals surface area contributed by atoms with Gasteiger partial charge in [-0.2, -0.15) is 0 Å². The summed E-state index contributed by atoms with van der Waals surface area (Å²) in [5.74, 6) is -0.782. The molecule has 0 aliphatic rings. The van der Waals surface area contributed by atoms with Crippen LogP contribution < -0.4 is 0 Å². The molecule has 0 spiro atoms. The second-order valence-corrected chi connectivity index (χ2v) is 3.02. The second-order valence-electron chi connectivity index (χ2n) is 3.02. The van der Waals surface area contributed by atoms with Crippen LogP contribution in [0.25, 0.3) is 0 Å². The van der Waals surface area contributed by atoms with Gasteiger partial charge in [-0.3, -0.25) is 0 Å². The third kappa shape index (κ3) is 4.64. The zero-order chi connectivity index (χ0) is 12.0. The van der Waals surface area contributed by atoms with Crippen molar-refractivity contribution in [2.75, 3.05) is 13.2 Å². The van der Waals surface area contributed by atoms with Gasteiger partial charge in [0.1, 0.15) is 0 Å². The van der Waals surface area contributed by atoms with E-state index in [2.05, 4.69) is 0 Å². The van der Waals surface area contributed by atoms with Crippen molar-refractivity contribution in [2.45, 2.75) is 13.8 Å². The van der Waals surface area contributed by atoms with E-state index in [1.165, 1.54) is 0 Å². The van der Waals surface area contributed by atoms with Gasteiger partial charge in [0.15, 0.2) is 0 Å². The van der Waals surface area contributed by atoms with Gasteiger partial charge in [0.25, 0.3) is 0 Å². The van der Waals surface area contributed by atoms with Crippen LogP contribution in [-0.4, -0.2) is 44.0 Å². The summed E-state index contributed by atoms with van der Waals surface area (Å²) < 4.78 is 9.64. The van der Waals surface area contributed by atoms with E-state index >= 15 is 0 Å². The minimum atomic E-state index is -0.391. The van der Waals surface area contributed by atoms with Gasteiger partial charge < -0.3 is 9.47 Å². The van der Waals surface area contributed by atoms with Crippen molar-refractivity contribution in [1.29, 1.82) is 0 Å². The summed E-state index contributed by atoms with van der Waals surface area (Å²) in [5.41, 5.74) is 0.852. The summed E-state index contributed by atoms with van der Waals surface area (Å²) in [7, 11) is 0. The van der Waals surface area contributed by atoms with Crippen LogP contribution in [0.1, 0.15) is 34.6 Å². The van der Waals surface area contributed by atoms with Gasteiger partial charge in [0.2, 0.25) is 0 Å². The van der Waals surface area contributed by atoms with Crippen LogP contribution in [0.4, 0.5) is 0 Å². The van der Waals surface area contributed by atoms with Crippen LogP contribution in [0.2, 0.25) is 0 Å². The molecule has 0 amide bonds. The Labute approximate surface area is 112 Å². The normalized spacial score (nSPS) is 9.06. The molecule has 5 heteroatoms. The molecule has 1 aromatic carbocycles. The Bertz CT molecular complexity index is 336. The molecule has 88 valence electrons. The first-order valence-electron chi connectivity index (χ1n) is 5.13. The molecule has 0 saturated heterocycles. The number of carbonyl (C=O) groups is 2. The van der Waals surface area contributed by atoms with Gasteiger partial charge in [-0.25, -0.2) is 9.59 Å². The van der Waals surface area contributed by atoms with Crippen LogP contribution >= 0.6 is 0 Å². The standard InChI is InChI=1S/C12H14O4.Li.H/c1-3-15-11(13)9-5-7-10(8-6-9)12(14)16-4-2;;/h5-8H,3-4H2,1-2H3;;. The molecule has 0 aliphatic heterocycles. The summed E-state index contributed by atoms with van der Waals surface area (Å²) in [6, 6.07) is 6.18. The van der Waals surface area contributed by atoms with Crippen molar-refractivity contribution in [3.63, 3.8) is 0 Å². The van der Waals surface area contributed by atoms with E-state index in [0.717, 1.165) is 0 Å². The summed E-state index contributed by atoms with van der Waals surface area (Å²) in [5, 5.41) is 0. The summed E-state index contributed by atoms with van der Waals surface area (Å²) in [4.78, 5) is 22.6. The average molecular weight is 230 g/mol. The minimum absolute atomic E-state index is 0. The average Bonchev–Trinajstić information content (AvgIpc) is 2.30. The fourth-order valence-electron chi connectivity index (χ4n) is 1.17. The van der Waals surface area contributed by atoms with E-state index in [1.54, 1.807) is 38.1 Å². The van der Waals surface area contributed by atoms with Crippen molar-refractivity contribution in [3.05, 3.63) is 35.4 Å². The molecule has 0 atom stereocenters. The predicted octanol–water partition coefficient (Wildman–Crippen LogP) is 1.39. The zero-order valence-electron chi connectivity index (χ0n) is 9.36.